The van der Waals surface area contributed by atoms with Crippen molar-refractivity contribution < 1.29 is 4.79 Å². The predicted molar refractivity (Wildman–Crippen MR) is 77.1 cm³/mol. The van der Waals surface area contributed by atoms with Gasteiger partial charge in [-0.2, -0.15) is 0 Å². The predicted octanol–water partition coefficient (Wildman–Crippen LogP) is 2.25. The lowest BCUT2D eigenvalue weighted by Gasteiger charge is -2.38. The molecule has 0 radical (unpaired) electrons. The van der Waals surface area contributed by atoms with Gasteiger partial charge in [0, 0.05) is 12.6 Å². The van der Waals surface area contributed by atoms with Crippen LogP contribution in [-0.2, 0) is 0 Å². The average Bonchev–Trinajstić information content (AvgIpc) is 2.54. The Kier molecular flexibility index (Phi) is 3.33. The summed E-state index contributed by atoms with van der Waals surface area (Å²) in [5.41, 5.74) is 1.36. The number of nitrogens with zero attached hydrogens (tertiary/aromatic N) is 1. The maximum Gasteiger partial charge on any atom is 0.256 e. The third-order valence-electron chi connectivity index (χ3n) is 3.66. The molecule has 4 nitrogen and oxygen atoms in total. The maximum atomic E-state index is 12.2. The van der Waals surface area contributed by atoms with Crippen molar-refractivity contribution in [3.8, 4) is 0 Å². The Balaban J connectivity index is 2.10. The second-order valence-electron chi connectivity index (χ2n) is 5.04. The van der Waals surface area contributed by atoms with E-state index in [0.29, 0.717) is 21.7 Å². The summed E-state index contributed by atoms with van der Waals surface area (Å²) in [6, 6.07) is 4.00. The fraction of sp³-hybridized carbons (Fsp3) is 0.462. The first kappa shape index (κ1) is 13.0. The molecule has 0 bridgehead atoms. The van der Waals surface area contributed by atoms with Gasteiger partial charge in [0.1, 0.15) is 6.17 Å². The van der Waals surface area contributed by atoms with Gasteiger partial charge >= 0.3 is 0 Å². The number of nitrogens with one attached hydrogen (secondary N) is 2. The van der Waals surface area contributed by atoms with E-state index in [2.05, 4.69) is 22.5 Å². The largest absolute Gasteiger partial charge is 0.349 e. The van der Waals surface area contributed by atoms with Gasteiger partial charge in [-0.05, 0) is 32.0 Å². The SMILES string of the molecule is C[C@@H]1CN2c3ccc(Cl)c(Cl)c3C(=O)N[C@H]2CCN1. The Morgan fingerprint density at radius 2 is 2.16 bits per heavy atom. The molecule has 1 saturated heterocycles. The van der Waals surface area contributed by atoms with E-state index in [1.807, 2.05) is 6.07 Å². The van der Waals surface area contributed by atoms with Crippen LogP contribution >= 0.6 is 23.2 Å². The second-order valence-corrected chi connectivity index (χ2v) is 5.83. The summed E-state index contributed by atoms with van der Waals surface area (Å²) < 4.78 is 0. The maximum absolute atomic E-state index is 12.2. The highest BCUT2D eigenvalue weighted by molar-refractivity contribution is 6.44. The number of fused-ring (bicyclic) bond motifs is 3. The summed E-state index contributed by atoms with van der Waals surface area (Å²) in [6.07, 6.45) is 0.894. The lowest BCUT2D eigenvalue weighted by Crippen LogP contribution is -2.53. The van der Waals surface area contributed by atoms with Crippen molar-refractivity contribution in [3.63, 3.8) is 0 Å². The first-order valence-corrected chi connectivity index (χ1v) is 7.12. The van der Waals surface area contributed by atoms with Crippen molar-refractivity contribution in [2.75, 3.05) is 18.0 Å². The second kappa shape index (κ2) is 4.85. The van der Waals surface area contributed by atoms with Gasteiger partial charge in [-0.3, -0.25) is 4.79 Å². The molecule has 1 aromatic rings. The van der Waals surface area contributed by atoms with Gasteiger partial charge in [-0.1, -0.05) is 23.2 Å². The Morgan fingerprint density at radius 3 is 2.95 bits per heavy atom. The quantitative estimate of drug-likeness (QED) is 0.772. The van der Waals surface area contributed by atoms with Gasteiger partial charge in [-0.15, -0.1) is 0 Å². The highest BCUT2D eigenvalue weighted by Gasteiger charge is 2.34. The molecular formula is C13H15Cl2N3O. The van der Waals surface area contributed by atoms with E-state index in [1.165, 1.54) is 0 Å². The van der Waals surface area contributed by atoms with Crippen molar-refractivity contribution in [1.29, 1.82) is 0 Å². The topological polar surface area (TPSA) is 44.4 Å². The number of rotatable bonds is 0. The number of hydrogen-bond donors (Lipinski definition) is 2. The Morgan fingerprint density at radius 1 is 1.37 bits per heavy atom. The summed E-state index contributed by atoms with van der Waals surface area (Å²) in [4.78, 5) is 14.4. The van der Waals surface area contributed by atoms with Crippen molar-refractivity contribution >= 4 is 34.8 Å². The third-order valence-corrected chi connectivity index (χ3v) is 4.47. The summed E-state index contributed by atoms with van der Waals surface area (Å²) in [5, 5.41) is 7.17. The van der Waals surface area contributed by atoms with E-state index < -0.39 is 0 Å². The van der Waals surface area contributed by atoms with Crippen LogP contribution in [0.2, 0.25) is 10.0 Å². The summed E-state index contributed by atoms with van der Waals surface area (Å²) in [7, 11) is 0. The van der Waals surface area contributed by atoms with E-state index >= 15 is 0 Å². The number of carbonyl (C=O) groups is 1. The monoisotopic (exact) mass is 299 g/mol. The minimum atomic E-state index is -0.140. The molecule has 102 valence electrons. The third kappa shape index (κ3) is 2.18. The van der Waals surface area contributed by atoms with E-state index in [4.69, 9.17) is 23.2 Å². The van der Waals surface area contributed by atoms with Gasteiger partial charge in [0.15, 0.2) is 0 Å². The van der Waals surface area contributed by atoms with Crippen LogP contribution in [-0.4, -0.2) is 31.2 Å². The lowest BCUT2D eigenvalue weighted by atomic mass is 10.1. The van der Waals surface area contributed by atoms with Crippen molar-refractivity contribution in [2.24, 2.45) is 0 Å². The van der Waals surface area contributed by atoms with Crippen LogP contribution in [0.1, 0.15) is 23.7 Å². The van der Waals surface area contributed by atoms with Gasteiger partial charge in [0.05, 0.1) is 21.3 Å². The van der Waals surface area contributed by atoms with Gasteiger partial charge < -0.3 is 15.5 Å². The summed E-state index contributed by atoms with van der Waals surface area (Å²) in [5.74, 6) is -0.140. The van der Waals surface area contributed by atoms with Crippen LogP contribution in [0.15, 0.2) is 12.1 Å². The van der Waals surface area contributed by atoms with Crippen molar-refractivity contribution in [1.82, 2.24) is 10.6 Å². The first-order chi connectivity index (χ1) is 9.08. The molecule has 0 unspecified atom stereocenters. The van der Waals surface area contributed by atoms with Crippen molar-refractivity contribution in [3.05, 3.63) is 27.7 Å². The smallest absolute Gasteiger partial charge is 0.256 e. The van der Waals surface area contributed by atoms with Crippen LogP contribution < -0.4 is 15.5 Å². The van der Waals surface area contributed by atoms with E-state index in [1.54, 1.807) is 6.07 Å². The molecule has 19 heavy (non-hydrogen) atoms. The van der Waals surface area contributed by atoms with Crippen LogP contribution in [0, 0.1) is 0 Å². The Labute approximate surface area is 122 Å². The van der Waals surface area contributed by atoms with Gasteiger partial charge in [0.2, 0.25) is 0 Å². The van der Waals surface area contributed by atoms with Gasteiger partial charge in [0.25, 0.3) is 5.91 Å². The highest BCUT2D eigenvalue weighted by Crippen LogP contribution is 2.37. The molecule has 2 atom stereocenters. The molecule has 0 spiro atoms. The number of benzene rings is 1. The molecule has 0 aromatic heterocycles. The molecule has 0 aliphatic carbocycles. The summed E-state index contributed by atoms with van der Waals surface area (Å²) >= 11 is 12.2. The van der Waals surface area contributed by atoms with Crippen LogP contribution in [0.25, 0.3) is 0 Å². The first-order valence-electron chi connectivity index (χ1n) is 6.37. The summed E-state index contributed by atoms with van der Waals surface area (Å²) in [6.45, 7) is 3.85. The molecule has 2 N–H and O–H groups in total. The minimum Gasteiger partial charge on any atom is -0.349 e. The van der Waals surface area contributed by atoms with Crippen molar-refractivity contribution in [2.45, 2.75) is 25.6 Å². The normalized spacial score (nSPS) is 26.3. The number of halogens is 2. The lowest BCUT2D eigenvalue weighted by molar-refractivity contribution is 0.0926. The van der Waals surface area contributed by atoms with E-state index in [9.17, 15) is 4.79 Å². The van der Waals surface area contributed by atoms with E-state index in [0.717, 1.165) is 25.2 Å². The standard InChI is InChI=1S/C13H15Cl2N3O/c1-7-6-18-9-3-2-8(14)12(15)11(9)13(19)17-10(18)4-5-16-7/h2-3,7,10,16H,4-6H2,1H3,(H,17,19)/t7-,10-/m1/s1. The van der Waals surface area contributed by atoms with Gasteiger partial charge in [-0.25, -0.2) is 0 Å². The molecule has 2 heterocycles. The molecule has 1 aromatic carbocycles. The number of hydrogen-bond acceptors (Lipinski definition) is 3. The fourth-order valence-corrected chi connectivity index (χ4v) is 3.15. The number of carbonyl (C=O) groups excluding carboxylic acids is 1. The zero-order valence-electron chi connectivity index (χ0n) is 10.5. The molecule has 6 heteroatoms. The molecular weight excluding hydrogens is 285 g/mol. The van der Waals surface area contributed by atoms with Crippen LogP contribution in [0.5, 0.6) is 0 Å². The number of amides is 1. The highest BCUT2D eigenvalue weighted by atomic mass is 35.5. The molecule has 3 rings (SSSR count). The molecule has 0 saturated carbocycles. The number of anilines is 1. The molecule has 1 fully saturated rings. The molecule has 2 aliphatic heterocycles. The van der Waals surface area contributed by atoms with E-state index in [-0.39, 0.29) is 12.1 Å². The van der Waals surface area contributed by atoms with Crippen LogP contribution in [0.3, 0.4) is 0 Å². The zero-order chi connectivity index (χ0) is 13.6. The molecule has 2 aliphatic rings. The fourth-order valence-electron chi connectivity index (χ4n) is 2.74. The average molecular weight is 300 g/mol. The minimum absolute atomic E-state index is 0.0229. The zero-order valence-corrected chi connectivity index (χ0v) is 12.1. The molecule has 1 amide bonds. The Bertz CT molecular complexity index is 535. The Hall–Kier alpha value is -0.970. The van der Waals surface area contributed by atoms with Crippen LogP contribution in [0.4, 0.5) is 5.69 Å².